The maximum absolute atomic E-state index is 12.4. The van der Waals surface area contributed by atoms with Crippen LogP contribution in [-0.4, -0.2) is 35.0 Å². The van der Waals surface area contributed by atoms with Gasteiger partial charge in [-0.05, 0) is 60.4 Å². The lowest BCUT2D eigenvalue weighted by atomic mass is 9.97. The van der Waals surface area contributed by atoms with Gasteiger partial charge in [0.1, 0.15) is 5.75 Å². The number of nitrogens with zero attached hydrogens (tertiary/aromatic N) is 1. The summed E-state index contributed by atoms with van der Waals surface area (Å²) in [6, 6.07) is 10.3. The topological polar surface area (TPSA) is 66.8 Å². The average Bonchev–Trinajstić information content (AvgIpc) is 2.61. The number of carboxylic acid groups (broad SMARTS) is 1. The van der Waals surface area contributed by atoms with Gasteiger partial charge in [-0.3, -0.25) is 4.79 Å². The fourth-order valence-corrected chi connectivity index (χ4v) is 2.96. The third kappa shape index (κ3) is 3.94. The summed E-state index contributed by atoms with van der Waals surface area (Å²) >= 11 is 5.98. The predicted molar refractivity (Wildman–Crippen MR) is 94.2 cm³/mol. The summed E-state index contributed by atoms with van der Waals surface area (Å²) in [4.78, 5) is 25.2. The molecule has 3 rings (SSSR count). The zero-order chi connectivity index (χ0) is 18.0. The Hall–Kier alpha value is -2.53. The quantitative estimate of drug-likeness (QED) is 0.909. The Morgan fingerprint density at radius 3 is 2.72 bits per heavy atom. The third-order valence-electron chi connectivity index (χ3n) is 4.31. The molecule has 2 aromatic rings. The highest BCUT2D eigenvalue weighted by Crippen LogP contribution is 2.23. The molecule has 1 aliphatic rings. The fraction of sp³-hybridized carbons (Fsp3) is 0.263. The number of halogens is 1. The van der Waals surface area contributed by atoms with Crippen molar-refractivity contribution >= 4 is 23.5 Å². The van der Waals surface area contributed by atoms with E-state index in [0.29, 0.717) is 30.3 Å². The summed E-state index contributed by atoms with van der Waals surface area (Å²) in [5, 5.41) is 9.76. The van der Waals surface area contributed by atoms with Crippen LogP contribution in [0.4, 0.5) is 0 Å². The van der Waals surface area contributed by atoms with E-state index < -0.39 is 5.97 Å². The van der Waals surface area contributed by atoms with Crippen LogP contribution in [0.3, 0.4) is 0 Å². The first-order valence-corrected chi connectivity index (χ1v) is 8.33. The van der Waals surface area contributed by atoms with Gasteiger partial charge in [-0.2, -0.15) is 0 Å². The Bertz CT molecular complexity index is 834. The van der Waals surface area contributed by atoms with Crippen LogP contribution in [0.15, 0.2) is 36.4 Å². The molecule has 0 fully saturated rings. The number of ether oxygens (including phenoxy) is 1. The van der Waals surface area contributed by atoms with E-state index in [1.807, 2.05) is 13.0 Å². The summed E-state index contributed by atoms with van der Waals surface area (Å²) in [7, 11) is 0. The minimum Gasteiger partial charge on any atom is -0.484 e. The molecule has 0 atom stereocenters. The average molecular weight is 360 g/mol. The summed E-state index contributed by atoms with van der Waals surface area (Å²) in [6.45, 7) is 2.81. The predicted octanol–water partition coefficient (Wildman–Crippen LogP) is 3.31. The maximum atomic E-state index is 12.4. The van der Waals surface area contributed by atoms with Crippen LogP contribution >= 0.6 is 11.6 Å². The maximum Gasteiger partial charge on any atom is 0.335 e. The van der Waals surface area contributed by atoms with Gasteiger partial charge in [0.2, 0.25) is 0 Å². The molecule has 0 bridgehead atoms. The first-order valence-electron chi connectivity index (χ1n) is 7.96. The number of carbonyl (C=O) groups excluding carboxylic acids is 1. The molecule has 1 aliphatic heterocycles. The molecule has 0 unspecified atom stereocenters. The van der Waals surface area contributed by atoms with Gasteiger partial charge in [0.05, 0.1) is 5.56 Å². The van der Waals surface area contributed by atoms with E-state index in [9.17, 15) is 9.59 Å². The summed E-state index contributed by atoms with van der Waals surface area (Å²) in [5.74, 6) is -0.493. The number of fused-ring (bicyclic) bond motifs is 1. The Kier molecular flexibility index (Phi) is 4.95. The third-order valence-corrected chi connectivity index (χ3v) is 4.73. The second kappa shape index (κ2) is 7.15. The number of hydrogen-bond donors (Lipinski definition) is 1. The minimum atomic E-state index is -0.965. The second-order valence-electron chi connectivity index (χ2n) is 6.05. The Morgan fingerprint density at radius 1 is 1.20 bits per heavy atom. The smallest absolute Gasteiger partial charge is 0.335 e. The van der Waals surface area contributed by atoms with Crippen molar-refractivity contribution < 1.29 is 19.4 Å². The van der Waals surface area contributed by atoms with Gasteiger partial charge in [-0.15, -0.1) is 0 Å². The van der Waals surface area contributed by atoms with Gasteiger partial charge >= 0.3 is 5.97 Å². The van der Waals surface area contributed by atoms with Crippen molar-refractivity contribution in [1.82, 2.24) is 4.90 Å². The molecule has 0 radical (unpaired) electrons. The number of amides is 1. The molecule has 6 heteroatoms. The van der Waals surface area contributed by atoms with E-state index in [1.54, 1.807) is 35.2 Å². The van der Waals surface area contributed by atoms with E-state index >= 15 is 0 Å². The van der Waals surface area contributed by atoms with Gasteiger partial charge in [0.15, 0.2) is 6.61 Å². The van der Waals surface area contributed by atoms with Crippen LogP contribution in [-0.2, 0) is 17.8 Å². The van der Waals surface area contributed by atoms with Crippen LogP contribution in [0.25, 0.3) is 0 Å². The largest absolute Gasteiger partial charge is 0.484 e. The molecule has 0 aromatic heterocycles. The number of rotatable bonds is 4. The van der Waals surface area contributed by atoms with Crippen molar-refractivity contribution in [3.63, 3.8) is 0 Å². The lowest BCUT2D eigenvalue weighted by Crippen LogP contribution is -2.38. The summed E-state index contributed by atoms with van der Waals surface area (Å²) < 4.78 is 5.56. The molecule has 1 amide bonds. The SMILES string of the molecule is Cc1cc(OCC(=O)N2CCc3ccc(C(=O)O)cc3C2)ccc1Cl. The second-order valence-corrected chi connectivity index (χ2v) is 6.46. The number of aryl methyl sites for hydroxylation is 1. The molecule has 0 saturated heterocycles. The van der Waals surface area contributed by atoms with Gasteiger partial charge in [0, 0.05) is 18.1 Å². The molecule has 0 saturated carbocycles. The highest BCUT2D eigenvalue weighted by atomic mass is 35.5. The first-order chi connectivity index (χ1) is 11.9. The number of hydrogen-bond acceptors (Lipinski definition) is 3. The van der Waals surface area contributed by atoms with Crippen LogP contribution in [0.1, 0.15) is 27.0 Å². The minimum absolute atomic E-state index is 0.0605. The molecular weight excluding hydrogens is 342 g/mol. The number of benzene rings is 2. The van der Waals surface area contributed by atoms with Crippen molar-refractivity contribution in [2.45, 2.75) is 19.9 Å². The van der Waals surface area contributed by atoms with E-state index in [1.165, 1.54) is 0 Å². The number of carboxylic acids is 1. The van der Waals surface area contributed by atoms with Gasteiger partial charge < -0.3 is 14.7 Å². The molecule has 1 N–H and O–H groups in total. The van der Waals surface area contributed by atoms with Crippen LogP contribution in [0.5, 0.6) is 5.75 Å². The van der Waals surface area contributed by atoms with Crippen molar-refractivity contribution in [1.29, 1.82) is 0 Å². The summed E-state index contributed by atoms with van der Waals surface area (Å²) in [6.07, 6.45) is 0.709. The molecular formula is C19H18ClNO4. The summed E-state index contributed by atoms with van der Waals surface area (Å²) in [5.41, 5.74) is 3.09. The van der Waals surface area contributed by atoms with Gasteiger partial charge in [-0.25, -0.2) is 4.79 Å². The Morgan fingerprint density at radius 2 is 2.00 bits per heavy atom. The van der Waals surface area contributed by atoms with Crippen LogP contribution in [0, 0.1) is 6.92 Å². The lowest BCUT2D eigenvalue weighted by Gasteiger charge is -2.29. The number of aromatic carboxylic acids is 1. The van der Waals surface area contributed by atoms with Crippen molar-refractivity contribution in [2.75, 3.05) is 13.2 Å². The Labute approximate surface area is 150 Å². The zero-order valence-corrected chi connectivity index (χ0v) is 14.5. The van der Waals surface area contributed by atoms with Crippen molar-refractivity contribution in [3.8, 4) is 5.75 Å². The van der Waals surface area contributed by atoms with E-state index in [4.69, 9.17) is 21.4 Å². The zero-order valence-electron chi connectivity index (χ0n) is 13.8. The molecule has 2 aromatic carbocycles. The highest BCUT2D eigenvalue weighted by Gasteiger charge is 2.22. The Balaban J connectivity index is 1.64. The van der Waals surface area contributed by atoms with E-state index in [0.717, 1.165) is 16.7 Å². The van der Waals surface area contributed by atoms with Gasteiger partial charge in [0.25, 0.3) is 5.91 Å². The number of carbonyl (C=O) groups is 2. The standard InChI is InChI=1S/C19H18ClNO4/c1-12-8-16(4-5-17(12)20)25-11-18(22)21-7-6-13-2-3-14(19(23)24)9-15(13)10-21/h2-5,8-9H,6-7,10-11H2,1H3,(H,23,24). The molecule has 130 valence electrons. The molecule has 5 nitrogen and oxygen atoms in total. The molecule has 1 heterocycles. The van der Waals surface area contributed by atoms with Crippen LogP contribution < -0.4 is 4.74 Å². The monoisotopic (exact) mass is 359 g/mol. The van der Waals surface area contributed by atoms with E-state index in [2.05, 4.69) is 0 Å². The van der Waals surface area contributed by atoms with Gasteiger partial charge in [-0.1, -0.05) is 17.7 Å². The van der Waals surface area contributed by atoms with E-state index in [-0.39, 0.29) is 18.1 Å². The first kappa shape index (κ1) is 17.3. The molecule has 0 spiro atoms. The lowest BCUT2D eigenvalue weighted by molar-refractivity contribution is -0.134. The van der Waals surface area contributed by atoms with Crippen molar-refractivity contribution in [2.24, 2.45) is 0 Å². The molecule has 25 heavy (non-hydrogen) atoms. The fourth-order valence-electron chi connectivity index (χ4n) is 2.85. The normalized spacial score (nSPS) is 13.3. The van der Waals surface area contributed by atoms with Crippen molar-refractivity contribution in [3.05, 3.63) is 63.7 Å². The highest BCUT2D eigenvalue weighted by molar-refractivity contribution is 6.31. The van der Waals surface area contributed by atoms with Crippen LogP contribution in [0.2, 0.25) is 5.02 Å². The molecule has 0 aliphatic carbocycles.